The molecule has 0 aliphatic heterocycles. The van der Waals surface area contributed by atoms with Crippen LogP contribution in [0.2, 0.25) is 0 Å². The first-order valence-corrected chi connectivity index (χ1v) is 8.96. The third-order valence-corrected chi connectivity index (χ3v) is 6.18. The fraction of sp³-hybridized carbons (Fsp3) is 0.769. The SMILES string of the molecule is CNCc1sc(CS(=O)(=O)C(C)C)nc1C(C)(C)C. The van der Waals surface area contributed by atoms with Crippen molar-refractivity contribution in [3.05, 3.63) is 15.6 Å². The molecule has 0 aromatic carbocycles. The lowest BCUT2D eigenvalue weighted by molar-refractivity contribution is 0.560. The van der Waals surface area contributed by atoms with E-state index in [9.17, 15) is 8.42 Å². The van der Waals surface area contributed by atoms with Crippen LogP contribution >= 0.6 is 11.3 Å². The van der Waals surface area contributed by atoms with E-state index in [1.165, 1.54) is 11.3 Å². The molecule has 110 valence electrons. The number of nitrogens with zero attached hydrogens (tertiary/aromatic N) is 1. The minimum atomic E-state index is -3.09. The van der Waals surface area contributed by atoms with Crippen LogP contribution in [-0.4, -0.2) is 25.7 Å². The maximum Gasteiger partial charge on any atom is 0.159 e. The molecule has 0 fully saturated rings. The maximum atomic E-state index is 12.0. The van der Waals surface area contributed by atoms with Gasteiger partial charge in [0.15, 0.2) is 9.84 Å². The van der Waals surface area contributed by atoms with Gasteiger partial charge in [0, 0.05) is 16.8 Å². The lowest BCUT2D eigenvalue weighted by Gasteiger charge is -2.17. The average Bonchev–Trinajstić information content (AvgIpc) is 2.60. The molecule has 1 rings (SSSR count). The van der Waals surface area contributed by atoms with Crippen LogP contribution in [-0.2, 0) is 27.5 Å². The van der Waals surface area contributed by atoms with Crippen LogP contribution in [0.4, 0.5) is 0 Å². The first-order chi connectivity index (χ1) is 8.58. The third-order valence-electron chi connectivity index (χ3n) is 2.83. The molecule has 19 heavy (non-hydrogen) atoms. The predicted octanol–water partition coefficient (Wildman–Crippen LogP) is 2.48. The first-order valence-electron chi connectivity index (χ1n) is 6.43. The zero-order chi connectivity index (χ0) is 14.8. The highest BCUT2D eigenvalue weighted by atomic mass is 32.2. The Hall–Kier alpha value is -0.460. The van der Waals surface area contributed by atoms with E-state index < -0.39 is 9.84 Å². The Kier molecular flexibility index (Phi) is 5.15. The van der Waals surface area contributed by atoms with Crippen molar-refractivity contribution in [1.29, 1.82) is 0 Å². The third kappa shape index (κ3) is 4.26. The molecule has 6 heteroatoms. The molecular formula is C13H24N2O2S2. The van der Waals surface area contributed by atoms with Crippen molar-refractivity contribution in [2.24, 2.45) is 0 Å². The lowest BCUT2D eigenvalue weighted by Crippen LogP contribution is -2.18. The first kappa shape index (κ1) is 16.6. The van der Waals surface area contributed by atoms with E-state index in [-0.39, 0.29) is 16.4 Å². The molecule has 0 saturated carbocycles. The summed E-state index contributed by atoms with van der Waals surface area (Å²) in [7, 11) is -1.20. The molecule has 0 atom stereocenters. The minimum absolute atomic E-state index is 0.0438. The number of hydrogen-bond acceptors (Lipinski definition) is 5. The number of nitrogens with one attached hydrogen (secondary N) is 1. The molecule has 4 nitrogen and oxygen atoms in total. The van der Waals surface area contributed by atoms with Gasteiger partial charge in [0.25, 0.3) is 0 Å². The topological polar surface area (TPSA) is 59.1 Å². The number of aromatic nitrogens is 1. The monoisotopic (exact) mass is 304 g/mol. The summed E-state index contributed by atoms with van der Waals surface area (Å²) in [4.78, 5) is 5.70. The van der Waals surface area contributed by atoms with Gasteiger partial charge < -0.3 is 5.32 Å². The Balaban J connectivity index is 3.12. The molecule has 1 aromatic rings. The molecular weight excluding hydrogens is 280 g/mol. The van der Waals surface area contributed by atoms with Crippen LogP contribution in [0.3, 0.4) is 0 Å². The van der Waals surface area contributed by atoms with E-state index >= 15 is 0 Å². The molecule has 0 unspecified atom stereocenters. The van der Waals surface area contributed by atoms with Crippen molar-refractivity contribution >= 4 is 21.2 Å². The number of sulfone groups is 1. The van der Waals surface area contributed by atoms with Crippen molar-refractivity contribution in [2.75, 3.05) is 7.05 Å². The summed E-state index contributed by atoms with van der Waals surface area (Å²) in [5.41, 5.74) is 0.934. The van der Waals surface area contributed by atoms with Gasteiger partial charge >= 0.3 is 0 Å². The molecule has 0 radical (unpaired) electrons. The summed E-state index contributed by atoms with van der Waals surface area (Å²) in [5.74, 6) is 0.0438. The van der Waals surface area contributed by atoms with Crippen molar-refractivity contribution in [3.8, 4) is 0 Å². The van der Waals surface area contributed by atoms with E-state index in [0.717, 1.165) is 17.1 Å². The standard InChI is InChI=1S/C13H24N2O2S2/c1-9(2)19(16,17)8-11-15-12(13(3,4)5)10(18-11)7-14-6/h9,14H,7-8H2,1-6H3. The van der Waals surface area contributed by atoms with Gasteiger partial charge in [-0.05, 0) is 20.9 Å². The van der Waals surface area contributed by atoms with Gasteiger partial charge in [0.1, 0.15) is 10.8 Å². The van der Waals surface area contributed by atoms with E-state index in [2.05, 4.69) is 31.1 Å². The summed E-state index contributed by atoms with van der Waals surface area (Å²) in [5, 5.41) is 3.46. The van der Waals surface area contributed by atoms with Gasteiger partial charge in [-0.1, -0.05) is 20.8 Å². The van der Waals surface area contributed by atoms with Crippen LogP contribution < -0.4 is 5.32 Å². The van der Waals surface area contributed by atoms with Gasteiger partial charge in [0.2, 0.25) is 0 Å². The molecule has 1 heterocycles. The maximum absolute atomic E-state index is 12.0. The van der Waals surface area contributed by atoms with Crippen LogP contribution in [0, 0.1) is 0 Å². The fourth-order valence-electron chi connectivity index (χ4n) is 1.67. The summed E-state index contributed by atoms with van der Waals surface area (Å²) < 4.78 is 24.0. The van der Waals surface area contributed by atoms with Crippen molar-refractivity contribution in [2.45, 2.75) is 57.6 Å². The van der Waals surface area contributed by atoms with Crippen molar-refractivity contribution in [3.63, 3.8) is 0 Å². The Labute approximate surface area is 120 Å². The Morgan fingerprint density at radius 1 is 1.32 bits per heavy atom. The Morgan fingerprint density at radius 2 is 1.89 bits per heavy atom. The Bertz CT molecular complexity index is 525. The van der Waals surface area contributed by atoms with Gasteiger partial charge in [-0.3, -0.25) is 0 Å². The van der Waals surface area contributed by atoms with Crippen LogP contribution in [0.25, 0.3) is 0 Å². The highest BCUT2D eigenvalue weighted by Gasteiger charge is 2.25. The van der Waals surface area contributed by atoms with E-state index in [4.69, 9.17) is 0 Å². The Morgan fingerprint density at radius 3 is 2.32 bits per heavy atom. The normalized spacial score (nSPS) is 13.2. The van der Waals surface area contributed by atoms with Gasteiger partial charge in [-0.25, -0.2) is 13.4 Å². The predicted molar refractivity (Wildman–Crippen MR) is 81.3 cm³/mol. The van der Waals surface area contributed by atoms with E-state index in [0.29, 0.717) is 5.01 Å². The number of hydrogen-bond donors (Lipinski definition) is 1. The average molecular weight is 304 g/mol. The number of rotatable bonds is 5. The molecule has 1 N–H and O–H groups in total. The van der Waals surface area contributed by atoms with E-state index in [1.807, 2.05) is 7.05 Å². The van der Waals surface area contributed by atoms with Crippen LogP contribution in [0.1, 0.15) is 50.2 Å². The molecule has 0 spiro atoms. The van der Waals surface area contributed by atoms with E-state index in [1.54, 1.807) is 13.8 Å². The van der Waals surface area contributed by atoms with Crippen molar-refractivity contribution in [1.82, 2.24) is 10.3 Å². The second kappa shape index (κ2) is 5.89. The highest BCUT2D eigenvalue weighted by molar-refractivity contribution is 7.91. The van der Waals surface area contributed by atoms with Crippen LogP contribution in [0.15, 0.2) is 0 Å². The molecule has 0 aliphatic carbocycles. The molecule has 0 saturated heterocycles. The summed E-state index contributed by atoms with van der Waals surface area (Å²) in [6.07, 6.45) is 0. The zero-order valence-electron chi connectivity index (χ0n) is 12.6. The molecule has 1 aromatic heterocycles. The summed E-state index contributed by atoms with van der Waals surface area (Å²) in [6.45, 7) is 10.4. The second-order valence-electron chi connectivity index (χ2n) is 6.02. The van der Waals surface area contributed by atoms with Crippen molar-refractivity contribution < 1.29 is 8.42 Å². The number of thiazole rings is 1. The molecule has 0 bridgehead atoms. The summed E-state index contributed by atoms with van der Waals surface area (Å²) >= 11 is 1.50. The zero-order valence-corrected chi connectivity index (χ0v) is 14.2. The quantitative estimate of drug-likeness (QED) is 0.908. The van der Waals surface area contributed by atoms with Crippen LogP contribution in [0.5, 0.6) is 0 Å². The fourth-order valence-corrected chi connectivity index (χ4v) is 4.22. The largest absolute Gasteiger partial charge is 0.315 e. The van der Waals surface area contributed by atoms with Gasteiger partial charge in [-0.2, -0.15) is 0 Å². The minimum Gasteiger partial charge on any atom is -0.315 e. The highest BCUT2D eigenvalue weighted by Crippen LogP contribution is 2.30. The smallest absolute Gasteiger partial charge is 0.159 e. The summed E-state index contributed by atoms with van der Waals surface area (Å²) in [6, 6.07) is 0. The van der Waals surface area contributed by atoms with Gasteiger partial charge in [-0.15, -0.1) is 11.3 Å². The second-order valence-corrected chi connectivity index (χ2v) is 9.74. The molecule has 0 aliphatic rings. The van der Waals surface area contributed by atoms with Gasteiger partial charge in [0.05, 0.1) is 10.9 Å². The lowest BCUT2D eigenvalue weighted by atomic mass is 9.91. The molecule has 0 amide bonds.